The lowest BCUT2D eigenvalue weighted by molar-refractivity contribution is -0.137. The summed E-state index contributed by atoms with van der Waals surface area (Å²) in [4.78, 5) is 4.50. The molecular formula is C22H26F3IN6. The van der Waals surface area contributed by atoms with Crippen LogP contribution in [-0.2, 0) is 26.3 Å². The first-order chi connectivity index (χ1) is 14.7. The van der Waals surface area contributed by atoms with Crippen molar-refractivity contribution in [3.63, 3.8) is 0 Å². The van der Waals surface area contributed by atoms with Crippen LogP contribution in [-0.4, -0.2) is 20.7 Å². The zero-order valence-corrected chi connectivity index (χ0v) is 20.3. The summed E-state index contributed by atoms with van der Waals surface area (Å²) in [6.07, 6.45) is -4.38. The SMILES string of the molecule is Cc1nnc(CNC(=NCc2cccc(C(F)(F)F)c2)NC(C)c2ccccc2)n1C.I. The lowest BCUT2D eigenvalue weighted by Gasteiger charge is -2.19. The lowest BCUT2D eigenvalue weighted by Crippen LogP contribution is -2.39. The van der Waals surface area contributed by atoms with Gasteiger partial charge in [0.15, 0.2) is 11.8 Å². The van der Waals surface area contributed by atoms with Gasteiger partial charge in [0.25, 0.3) is 0 Å². The molecule has 0 aliphatic heterocycles. The third kappa shape index (κ3) is 6.94. The molecule has 0 amide bonds. The molecule has 172 valence electrons. The number of benzene rings is 2. The fourth-order valence-electron chi connectivity index (χ4n) is 2.97. The largest absolute Gasteiger partial charge is 0.416 e. The summed E-state index contributed by atoms with van der Waals surface area (Å²) in [5, 5.41) is 14.7. The molecule has 0 fully saturated rings. The maximum absolute atomic E-state index is 13.0. The van der Waals surface area contributed by atoms with E-state index in [2.05, 4.69) is 25.8 Å². The highest BCUT2D eigenvalue weighted by Crippen LogP contribution is 2.29. The Labute approximate surface area is 202 Å². The molecule has 2 N–H and O–H groups in total. The van der Waals surface area contributed by atoms with E-state index >= 15 is 0 Å². The van der Waals surface area contributed by atoms with E-state index in [1.165, 1.54) is 6.07 Å². The Morgan fingerprint density at radius 3 is 2.44 bits per heavy atom. The standard InChI is InChI=1S/C22H25F3N6.HI/c1-15(18-9-5-4-6-10-18)28-21(27-14-20-30-29-16(2)31(20)3)26-13-17-8-7-11-19(12-17)22(23,24)25;/h4-12,15H,13-14H2,1-3H3,(H2,26,27,28);1H. The van der Waals surface area contributed by atoms with Gasteiger partial charge in [-0.15, -0.1) is 34.2 Å². The number of aryl methyl sites for hydroxylation is 1. The molecule has 3 rings (SSSR count). The Bertz CT molecular complexity index is 1030. The maximum Gasteiger partial charge on any atom is 0.416 e. The van der Waals surface area contributed by atoms with Crippen LogP contribution in [0.3, 0.4) is 0 Å². The first-order valence-corrected chi connectivity index (χ1v) is 9.85. The highest BCUT2D eigenvalue weighted by atomic mass is 127. The topological polar surface area (TPSA) is 67.1 Å². The average Bonchev–Trinajstić information content (AvgIpc) is 3.08. The summed E-state index contributed by atoms with van der Waals surface area (Å²) in [5.41, 5.74) is 0.846. The van der Waals surface area contributed by atoms with Crippen LogP contribution >= 0.6 is 24.0 Å². The minimum Gasteiger partial charge on any atom is -0.350 e. The zero-order valence-electron chi connectivity index (χ0n) is 18.0. The predicted octanol–water partition coefficient (Wildman–Crippen LogP) is 4.76. The van der Waals surface area contributed by atoms with Gasteiger partial charge < -0.3 is 15.2 Å². The molecule has 10 heteroatoms. The molecule has 1 heterocycles. The van der Waals surface area contributed by atoms with E-state index in [9.17, 15) is 13.2 Å². The molecule has 32 heavy (non-hydrogen) atoms. The van der Waals surface area contributed by atoms with Gasteiger partial charge >= 0.3 is 6.18 Å². The van der Waals surface area contributed by atoms with E-state index in [0.717, 1.165) is 29.3 Å². The van der Waals surface area contributed by atoms with Crippen LogP contribution in [0.15, 0.2) is 59.6 Å². The quantitative estimate of drug-likeness (QED) is 0.260. The van der Waals surface area contributed by atoms with Crippen LogP contribution < -0.4 is 10.6 Å². The normalized spacial score (nSPS) is 12.8. The summed E-state index contributed by atoms with van der Waals surface area (Å²) in [6, 6.07) is 15.0. The second-order valence-corrected chi connectivity index (χ2v) is 7.22. The maximum atomic E-state index is 13.0. The number of alkyl halides is 3. The summed E-state index contributed by atoms with van der Waals surface area (Å²) in [5.74, 6) is 1.97. The van der Waals surface area contributed by atoms with E-state index in [1.54, 1.807) is 6.07 Å². The summed E-state index contributed by atoms with van der Waals surface area (Å²) in [7, 11) is 1.87. The summed E-state index contributed by atoms with van der Waals surface area (Å²) >= 11 is 0. The number of nitrogens with zero attached hydrogens (tertiary/aromatic N) is 4. The van der Waals surface area contributed by atoms with Crippen molar-refractivity contribution in [2.45, 2.75) is 39.2 Å². The summed E-state index contributed by atoms with van der Waals surface area (Å²) < 4.78 is 40.9. The third-order valence-electron chi connectivity index (χ3n) is 4.92. The number of guanidine groups is 1. The second kappa shape index (κ2) is 11.3. The van der Waals surface area contributed by atoms with Crippen molar-refractivity contribution in [3.05, 3.63) is 82.9 Å². The van der Waals surface area contributed by atoms with Gasteiger partial charge in [-0.1, -0.05) is 42.5 Å². The van der Waals surface area contributed by atoms with Crippen molar-refractivity contribution in [2.24, 2.45) is 12.0 Å². The number of aliphatic imine (C=N–C) groups is 1. The molecular weight excluding hydrogens is 532 g/mol. The molecule has 0 aliphatic carbocycles. The van der Waals surface area contributed by atoms with E-state index in [-0.39, 0.29) is 36.6 Å². The third-order valence-corrected chi connectivity index (χ3v) is 4.92. The minimum atomic E-state index is -4.38. The monoisotopic (exact) mass is 558 g/mol. The van der Waals surface area contributed by atoms with Crippen LogP contribution in [0.1, 0.15) is 41.3 Å². The van der Waals surface area contributed by atoms with Crippen molar-refractivity contribution in [1.82, 2.24) is 25.4 Å². The zero-order chi connectivity index (χ0) is 22.4. The first-order valence-electron chi connectivity index (χ1n) is 9.85. The van der Waals surface area contributed by atoms with Gasteiger partial charge in [-0.05, 0) is 37.1 Å². The number of nitrogens with one attached hydrogen (secondary N) is 2. The van der Waals surface area contributed by atoms with Gasteiger partial charge in [0.05, 0.1) is 24.7 Å². The number of halogens is 4. The van der Waals surface area contributed by atoms with E-state index in [1.807, 2.05) is 55.8 Å². The van der Waals surface area contributed by atoms with Crippen molar-refractivity contribution in [3.8, 4) is 0 Å². The van der Waals surface area contributed by atoms with Gasteiger partial charge in [-0.25, -0.2) is 4.99 Å². The van der Waals surface area contributed by atoms with Crippen LogP contribution in [0.4, 0.5) is 13.2 Å². The highest BCUT2D eigenvalue weighted by molar-refractivity contribution is 14.0. The number of aromatic nitrogens is 3. The number of hydrogen-bond acceptors (Lipinski definition) is 3. The Morgan fingerprint density at radius 1 is 1.09 bits per heavy atom. The molecule has 1 unspecified atom stereocenters. The molecule has 0 aliphatic rings. The van der Waals surface area contributed by atoms with E-state index in [0.29, 0.717) is 18.1 Å². The Morgan fingerprint density at radius 2 is 1.81 bits per heavy atom. The molecule has 1 atom stereocenters. The minimum absolute atomic E-state index is 0. The van der Waals surface area contributed by atoms with E-state index < -0.39 is 11.7 Å². The molecule has 0 saturated carbocycles. The Kier molecular flexibility index (Phi) is 9.05. The fourth-order valence-corrected chi connectivity index (χ4v) is 2.97. The van der Waals surface area contributed by atoms with Gasteiger partial charge in [-0.2, -0.15) is 13.2 Å². The second-order valence-electron chi connectivity index (χ2n) is 7.22. The van der Waals surface area contributed by atoms with Gasteiger partial charge in [0.2, 0.25) is 0 Å². The average molecular weight is 558 g/mol. The smallest absolute Gasteiger partial charge is 0.350 e. The molecule has 1 aromatic heterocycles. The molecule has 6 nitrogen and oxygen atoms in total. The van der Waals surface area contributed by atoms with Crippen molar-refractivity contribution in [2.75, 3.05) is 0 Å². The van der Waals surface area contributed by atoms with Gasteiger partial charge in [0.1, 0.15) is 5.82 Å². The van der Waals surface area contributed by atoms with Crippen LogP contribution in [0, 0.1) is 6.92 Å². The van der Waals surface area contributed by atoms with Crippen molar-refractivity contribution in [1.29, 1.82) is 0 Å². The van der Waals surface area contributed by atoms with Crippen molar-refractivity contribution >= 4 is 29.9 Å². The number of rotatable bonds is 6. The predicted molar refractivity (Wildman–Crippen MR) is 129 cm³/mol. The van der Waals surface area contributed by atoms with E-state index in [4.69, 9.17) is 0 Å². The molecule has 3 aromatic rings. The van der Waals surface area contributed by atoms with Crippen LogP contribution in [0.5, 0.6) is 0 Å². The summed E-state index contributed by atoms with van der Waals surface area (Å²) in [6.45, 7) is 4.31. The molecule has 2 aromatic carbocycles. The lowest BCUT2D eigenvalue weighted by atomic mass is 10.1. The fraction of sp³-hybridized carbons (Fsp3) is 0.318. The molecule has 0 radical (unpaired) electrons. The number of hydrogen-bond donors (Lipinski definition) is 2. The van der Waals surface area contributed by atoms with Crippen molar-refractivity contribution < 1.29 is 13.2 Å². The molecule has 0 spiro atoms. The molecule has 0 bridgehead atoms. The van der Waals surface area contributed by atoms with Crippen LogP contribution in [0.2, 0.25) is 0 Å². The Hall–Kier alpha value is -2.63. The van der Waals surface area contributed by atoms with Crippen LogP contribution in [0.25, 0.3) is 0 Å². The van der Waals surface area contributed by atoms with Gasteiger partial charge in [0, 0.05) is 7.05 Å². The van der Waals surface area contributed by atoms with Gasteiger partial charge in [-0.3, -0.25) is 0 Å². The Balaban J connectivity index is 0.00000363. The first kappa shape index (κ1) is 25.6. The highest BCUT2D eigenvalue weighted by Gasteiger charge is 2.30. The molecule has 0 saturated heterocycles.